The average Bonchev–Trinajstić information content (AvgIpc) is 1.86. The molecule has 0 aliphatic heterocycles. The van der Waals surface area contributed by atoms with Crippen LogP contribution in [0.4, 0.5) is 0 Å². The summed E-state index contributed by atoms with van der Waals surface area (Å²) in [5.41, 5.74) is 0. The zero-order chi connectivity index (χ0) is 4.41. The van der Waals surface area contributed by atoms with Crippen LogP contribution in [0.15, 0.2) is 0 Å². The molecule has 0 radical (unpaired) electrons. The normalized spacial score (nSPS) is 25.7. The molecule has 1 aliphatic rings. The van der Waals surface area contributed by atoms with Crippen molar-refractivity contribution in [1.82, 2.24) is 0 Å². The van der Waals surface area contributed by atoms with E-state index in [9.17, 15) is 0 Å². The van der Waals surface area contributed by atoms with Crippen LogP contribution in [0.3, 0.4) is 0 Å². The number of hydrogen-bond acceptors (Lipinski definition) is 0. The molecule has 1 rings (SSSR count). The van der Waals surface area contributed by atoms with Crippen molar-refractivity contribution in [3.05, 3.63) is 0 Å². The molecule has 0 aromatic carbocycles. The Morgan fingerprint density at radius 1 is 1.17 bits per heavy atom. The first-order valence-electron chi connectivity index (χ1n) is 2.89. The summed E-state index contributed by atoms with van der Waals surface area (Å²) in [6.45, 7) is 0. The van der Waals surface area contributed by atoms with Crippen LogP contribution in [0.2, 0.25) is 3.17 Å². The Kier molecular flexibility index (Phi) is 2.01. The summed E-state index contributed by atoms with van der Waals surface area (Å²) in [6, 6.07) is 0. The van der Waals surface area contributed by atoms with Crippen molar-refractivity contribution < 1.29 is 0 Å². The van der Waals surface area contributed by atoms with Gasteiger partial charge in [0.05, 0.1) is 0 Å². The van der Waals surface area contributed by atoms with Gasteiger partial charge in [-0.2, -0.15) is 0 Å². The molecule has 30 valence electrons. The van der Waals surface area contributed by atoms with E-state index in [0.717, 1.165) is 0 Å². The molecule has 1 aliphatic carbocycles. The van der Waals surface area contributed by atoms with E-state index in [0.29, 0.717) is 0 Å². The van der Waals surface area contributed by atoms with Crippen molar-refractivity contribution >= 4 is 27.9 Å². The van der Waals surface area contributed by atoms with Gasteiger partial charge in [-0.1, -0.05) is 0 Å². The van der Waals surface area contributed by atoms with Gasteiger partial charge in [0.25, 0.3) is 0 Å². The predicted molar refractivity (Wildman–Crippen MR) is 28.0 cm³/mol. The Balaban J connectivity index is 2.18. The summed E-state index contributed by atoms with van der Waals surface area (Å²) in [5, 5.41) is 0. The quantitative estimate of drug-likeness (QED) is 0.397. The Labute approximate surface area is 56.7 Å². The van der Waals surface area contributed by atoms with Gasteiger partial charge in [-0.05, 0) is 0 Å². The van der Waals surface area contributed by atoms with E-state index in [4.69, 9.17) is 0 Å². The molecule has 0 atom stereocenters. The maximum atomic E-state index is 1.55. The standard InChI is InChI=1S/C5H9.Na/c1-2-4-5-3-1;/h1H,2-5H2;. The van der Waals surface area contributed by atoms with Crippen LogP contribution < -0.4 is 0 Å². The minimum absolute atomic E-state index is 1.19. The Hall–Kier alpha value is 1.00. The molecular weight excluding hydrogens is 83.0 g/mol. The fraction of sp³-hybridized carbons (Fsp3) is 1.00. The van der Waals surface area contributed by atoms with Gasteiger partial charge in [0, 0.05) is 0 Å². The third-order valence-electron chi connectivity index (χ3n) is 1.64. The average molecular weight is 92.1 g/mol. The van der Waals surface area contributed by atoms with Crippen LogP contribution in [0.25, 0.3) is 0 Å². The van der Waals surface area contributed by atoms with Gasteiger partial charge >= 0.3 is 56.8 Å². The molecule has 0 heterocycles. The summed E-state index contributed by atoms with van der Waals surface area (Å²) < 4.78 is 1.19. The zero-order valence-electron chi connectivity index (χ0n) is 4.41. The Morgan fingerprint density at radius 3 is 1.83 bits per heavy atom. The molecule has 1 heteroatoms. The van der Waals surface area contributed by atoms with Gasteiger partial charge < -0.3 is 0 Å². The second kappa shape index (κ2) is 2.34. The molecule has 0 nitrogen and oxygen atoms in total. The molecule has 0 bridgehead atoms. The van der Waals surface area contributed by atoms with Crippen molar-refractivity contribution in [3.63, 3.8) is 0 Å². The SMILES string of the molecule is [Na][CH]1CCCC1. The van der Waals surface area contributed by atoms with Crippen molar-refractivity contribution in [2.75, 3.05) is 0 Å². The topological polar surface area (TPSA) is 0 Å². The molecule has 0 saturated heterocycles. The van der Waals surface area contributed by atoms with Gasteiger partial charge in [0.2, 0.25) is 0 Å². The van der Waals surface area contributed by atoms with E-state index in [-0.39, 0.29) is 0 Å². The van der Waals surface area contributed by atoms with E-state index in [1.807, 2.05) is 0 Å². The molecule has 0 unspecified atom stereocenters. The summed E-state index contributed by atoms with van der Waals surface area (Å²) in [4.78, 5) is 0. The monoisotopic (exact) mass is 92.1 g/mol. The van der Waals surface area contributed by atoms with Crippen molar-refractivity contribution in [1.29, 1.82) is 0 Å². The minimum atomic E-state index is 1.19. The second-order valence-electron chi connectivity index (χ2n) is 2.39. The van der Waals surface area contributed by atoms with E-state index in [1.54, 1.807) is 12.8 Å². The fourth-order valence-electron chi connectivity index (χ4n) is 1.13. The second-order valence-corrected chi connectivity index (χ2v) is 4.02. The van der Waals surface area contributed by atoms with Crippen LogP contribution >= 0.6 is 0 Å². The van der Waals surface area contributed by atoms with E-state index >= 15 is 0 Å². The molecule has 0 amide bonds. The van der Waals surface area contributed by atoms with Crippen molar-refractivity contribution in [2.45, 2.75) is 28.9 Å². The van der Waals surface area contributed by atoms with E-state index in [1.165, 1.54) is 43.9 Å². The molecule has 1 saturated carbocycles. The van der Waals surface area contributed by atoms with E-state index < -0.39 is 0 Å². The first-order chi connectivity index (χ1) is 2.89. The first-order valence-corrected chi connectivity index (χ1v) is 4.05. The fourth-order valence-corrected chi connectivity index (χ4v) is 1.95. The summed E-state index contributed by atoms with van der Waals surface area (Å²) in [6.07, 6.45) is 6.14. The molecule has 6 heavy (non-hydrogen) atoms. The van der Waals surface area contributed by atoms with Gasteiger partial charge in [0.1, 0.15) is 0 Å². The van der Waals surface area contributed by atoms with Crippen LogP contribution in [0, 0.1) is 0 Å². The molecule has 1 fully saturated rings. The van der Waals surface area contributed by atoms with Crippen LogP contribution in [0.1, 0.15) is 25.7 Å². The number of hydrogen-bond donors (Lipinski definition) is 0. The van der Waals surface area contributed by atoms with Crippen LogP contribution in [-0.2, 0) is 0 Å². The van der Waals surface area contributed by atoms with Gasteiger partial charge in [-0.25, -0.2) is 0 Å². The summed E-state index contributed by atoms with van der Waals surface area (Å²) >= 11 is 1.45. The molecular formula is C5H9Na. The molecule has 0 aromatic heterocycles. The molecule has 0 N–H and O–H groups in total. The first kappa shape index (κ1) is 5.14. The summed E-state index contributed by atoms with van der Waals surface area (Å²) in [7, 11) is 0. The van der Waals surface area contributed by atoms with Gasteiger partial charge in [-0.15, -0.1) is 0 Å². The Morgan fingerprint density at radius 2 is 1.67 bits per heavy atom. The summed E-state index contributed by atoms with van der Waals surface area (Å²) in [5.74, 6) is 0. The molecule has 0 aromatic rings. The van der Waals surface area contributed by atoms with E-state index in [2.05, 4.69) is 0 Å². The maximum absolute atomic E-state index is 1.55. The zero-order valence-corrected chi connectivity index (χ0v) is 6.41. The van der Waals surface area contributed by atoms with Crippen LogP contribution in [0.5, 0.6) is 0 Å². The number of rotatable bonds is 0. The molecule has 0 spiro atoms. The third kappa shape index (κ3) is 1.25. The van der Waals surface area contributed by atoms with Gasteiger partial charge in [0.15, 0.2) is 0 Å². The van der Waals surface area contributed by atoms with Crippen molar-refractivity contribution in [2.24, 2.45) is 0 Å². The third-order valence-corrected chi connectivity index (χ3v) is 2.80. The van der Waals surface area contributed by atoms with Gasteiger partial charge in [-0.3, -0.25) is 0 Å². The Bertz CT molecular complexity index is 37.2. The van der Waals surface area contributed by atoms with Crippen molar-refractivity contribution in [3.8, 4) is 0 Å². The van der Waals surface area contributed by atoms with Crippen LogP contribution in [-0.4, -0.2) is 27.9 Å². The predicted octanol–water partition coefficient (Wildman–Crippen LogP) is 1.52.